The number of carbonyl (C=O) groups excluding carboxylic acids is 1. The summed E-state index contributed by atoms with van der Waals surface area (Å²) in [5.41, 5.74) is 2.40. The van der Waals surface area contributed by atoms with E-state index in [-0.39, 0.29) is 24.5 Å². The van der Waals surface area contributed by atoms with Crippen molar-refractivity contribution in [3.05, 3.63) is 69.3 Å². The second-order valence-corrected chi connectivity index (χ2v) is 5.11. The lowest BCUT2D eigenvalue weighted by Gasteiger charge is -2.09. The van der Waals surface area contributed by atoms with Crippen LogP contribution in [-0.4, -0.2) is 24.1 Å². The zero-order chi connectivity index (χ0) is 16.8. The Morgan fingerprint density at radius 3 is 2.22 bits per heavy atom. The van der Waals surface area contributed by atoms with Gasteiger partial charge in [0, 0.05) is 12.1 Å². The maximum Gasteiger partial charge on any atom is 0.338 e. The number of nitro benzene ring substituents is 1. The summed E-state index contributed by atoms with van der Waals surface area (Å²) in [5.74, 6) is 0.192. The molecule has 0 amide bonds. The number of benzene rings is 2. The van der Waals surface area contributed by atoms with Crippen molar-refractivity contribution in [2.24, 2.45) is 0 Å². The maximum atomic E-state index is 11.8. The zero-order valence-corrected chi connectivity index (χ0v) is 12.9. The van der Waals surface area contributed by atoms with Crippen LogP contribution in [0.4, 0.5) is 5.69 Å². The van der Waals surface area contributed by atoms with Gasteiger partial charge in [0.05, 0.1) is 10.5 Å². The Bertz CT molecular complexity index is 689. The minimum absolute atomic E-state index is 0.0697. The molecule has 0 N–H and O–H groups in total. The molecule has 0 saturated heterocycles. The average molecular weight is 315 g/mol. The van der Waals surface area contributed by atoms with Crippen molar-refractivity contribution >= 4 is 11.7 Å². The van der Waals surface area contributed by atoms with E-state index in [1.807, 2.05) is 32.0 Å². The number of aryl methyl sites for hydroxylation is 2. The molecule has 2 rings (SSSR count). The van der Waals surface area contributed by atoms with E-state index >= 15 is 0 Å². The molecule has 0 bridgehead atoms. The highest BCUT2D eigenvalue weighted by Gasteiger charge is 2.10. The first kappa shape index (κ1) is 16.5. The summed E-state index contributed by atoms with van der Waals surface area (Å²) in [7, 11) is 0. The smallest absolute Gasteiger partial charge is 0.338 e. The summed E-state index contributed by atoms with van der Waals surface area (Å²) in [6, 6.07) is 11.1. The molecule has 0 aliphatic heterocycles. The monoisotopic (exact) mass is 315 g/mol. The molecular weight excluding hydrogens is 298 g/mol. The molecule has 120 valence electrons. The van der Waals surface area contributed by atoms with Crippen molar-refractivity contribution in [3.63, 3.8) is 0 Å². The van der Waals surface area contributed by atoms with Crippen LogP contribution in [0.2, 0.25) is 0 Å². The average Bonchev–Trinajstić information content (AvgIpc) is 2.50. The lowest BCUT2D eigenvalue weighted by molar-refractivity contribution is -0.384. The van der Waals surface area contributed by atoms with E-state index in [9.17, 15) is 14.9 Å². The number of ether oxygens (including phenoxy) is 2. The summed E-state index contributed by atoms with van der Waals surface area (Å²) in [6.45, 7) is 4.30. The van der Waals surface area contributed by atoms with E-state index in [2.05, 4.69) is 0 Å². The van der Waals surface area contributed by atoms with Crippen LogP contribution in [0.15, 0.2) is 42.5 Å². The van der Waals surface area contributed by atoms with Crippen LogP contribution in [0.3, 0.4) is 0 Å². The van der Waals surface area contributed by atoms with Gasteiger partial charge in [-0.1, -0.05) is 6.07 Å². The normalized spacial score (nSPS) is 10.2. The second-order valence-electron chi connectivity index (χ2n) is 5.11. The molecule has 0 spiro atoms. The van der Waals surface area contributed by atoms with Crippen molar-refractivity contribution in [1.82, 2.24) is 0 Å². The molecule has 0 radical (unpaired) electrons. The Morgan fingerprint density at radius 2 is 1.65 bits per heavy atom. The fraction of sp³-hybridized carbons (Fsp3) is 0.235. The summed E-state index contributed by atoms with van der Waals surface area (Å²) in [6.07, 6.45) is 0. The fourth-order valence-electron chi connectivity index (χ4n) is 2.11. The van der Waals surface area contributed by atoms with Crippen LogP contribution >= 0.6 is 0 Å². The van der Waals surface area contributed by atoms with Crippen LogP contribution in [-0.2, 0) is 4.74 Å². The molecule has 0 atom stereocenters. The van der Waals surface area contributed by atoms with Crippen LogP contribution in [0, 0.1) is 24.0 Å². The third kappa shape index (κ3) is 4.81. The number of hydrogen-bond acceptors (Lipinski definition) is 5. The van der Waals surface area contributed by atoms with Crippen molar-refractivity contribution in [2.75, 3.05) is 13.2 Å². The van der Waals surface area contributed by atoms with Gasteiger partial charge in [-0.2, -0.15) is 0 Å². The zero-order valence-electron chi connectivity index (χ0n) is 12.9. The molecule has 2 aromatic carbocycles. The van der Waals surface area contributed by atoms with E-state index in [4.69, 9.17) is 9.47 Å². The third-order valence-electron chi connectivity index (χ3n) is 3.09. The Balaban J connectivity index is 1.81. The van der Waals surface area contributed by atoms with Crippen LogP contribution in [0.5, 0.6) is 5.75 Å². The quantitative estimate of drug-likeness (QED) is 0.353. The predicted octanol–water partition coefficient (Wildman–Crippen LogP) is 3.45. The summed E-state index contributed by atoms with van der Waals surface area (Å²) >= 11 is 0. The minimum atomic E-state index is -0.538. The molecule has 0 aromatic heterocycles. The van der Waals surface area contributed by atoms with Crippen LogP contribution in [0.25, 0.3) is 0 Å². The number of nitrogens with zero attached hydrogens (tertiary/aromatic N) is 1. The fourth-order valence-corrected chi connectivity index (χ4v) is 2.11. The van der Waals surface area contributed by atoms with Gasteiger partial charge in [0.15, 0.2) is 0 Å². The Labute approximate surface area is 133 Å². The molecule has 0 fully saturated rings. The van der Waals surface area contributed by atoms with Gasteiger partial charge >= 0.3 is 5.97 Å². The second kappa shape index (κ2) is 7.40. The topological polar surface area (TPSA) is 78.7 Å². The van der Waals surface area contributed by atoms with Gasteiger partial charge in [0.25, 0.3) is 5.69 Å². The lowest BCUT2D eigenvalue weighted by atomic mass is 10.1. The van der Waals surface area contributed by atoms with Crippen LogP contribution in [0.1, 0.15) is 21.5 Å². The molecule has 0 heterocycles. The largest absolute Gasteiger partial charge is 0.490 e. The van der Waals surface area contributed by atoms with E-state index in [1.54, 1.807) is 0 Å². The van der Waals surface area contributed by atoms with Gasteiger partial charge in [-0.3, -0.25) is 10.1 Å². The molecule has 6 nitrogen and oxygen atoms in total. The summed E-state index contributed by atoms with van der Waals surface area (Å²) in [5, 5.41) is 10.5. The highest BCUT2D eigenvalue weighted by molar-refractivity contribution is 5.89. The number of rotatable bonds is 6. The summed E-state index contributed by atoms with van der Waals surface area (Å²) in [4.78, 5) is 21.8. The summed E-state index contributed by atoms with van der Waals surface area (Å²) < 4.78 is 10.6. The standard InChI is InChI=1S/C17H17NO5/c1-12-9-13(2)11-16(10-12)22-7-8-23-17(19)14-3-5-15(6-4-14)18(20)21/h3-6,9-11H,7-8H2,1-2H3. The molecule has 0 aliphatic rings. The molecule has 0 saturated carbocycles. The van der Waals surface area contributed by atoms with Gasteiger partial charge < -0.3 is 9.47 Å². The van der Waals surface area contributed by atoms with E-state index in [0.29, 0.717) is 0 Å². The maximum absolute atomic E-state index is 11.8. The first-order chi connectivity index (χ1) is 11.0. The van der Waals surface area contributed by atoms with Gasteiger partial charge in [0.1, 0.15) is 19.0 Å². The molecule has 0 aliphatic carbocycles. The van der Waals surface area contributed by atoms with E-state index in [0.717, 1.165) is 16.9 Å². The minimum Gasteiger partial charge on any atom is -0.490 e. The lowest BCUT2D eigenvalue weighted by Crippen LogP contribution is -2.12. The van der Waals surface area contributed by atoms with Crippen molar-refractivity contribution < 1.29 is 19.2 Å². The number of carbonyl (C=O) groups is 1. The molecular formula is C17H17NO5. The highest BCUT2D eigenvalue weighted by atomic mass is 16.6. The Morgan fingerprint density at radius 1 is 1.04 bits per heavy atom. The molecule has 23 heavy (non-hydrogen) atoms. The SMILES string of the molecule is Cc1cc(C)cc(OCCOC(=O)c2ccc([N+](=O)[O-])cc2)c1. The number of nitro groups is 1. The highest BCUT2D eigenvalue weighted by Crippen LogP contribution is 2.16. The Hall–Kier alpha value is -2.89. The predicted molar refractivity (Wildman–Crippen MR) is 84.8 cm³/mol. The number of esters is 1. The van der Waals surface area contributed by atoms with Gasteiger partial charge in [-0.15, -0.1) is 0 Å². The number of hydrogen-bond donors (Lipinski definition) is 0. The van der Waals surface area contributed by atoms with Gasteiger partial charge in [-0.25, -0.2) is 4.79 Å². The van der Waals surface area contributed by atoms with Crippen molar-refractivity contribution in [1.29, 1.82) is 0 Å². The first-order valence-corrected chi connectivity index (χ1v) is 7.08. The van der Waals surface area contributed by atoms with E-state index < -0.39 is 10.9 Å². The van der Waals surface area contributed by atoms with Crippen LogP contribution < -0.4 is 4.74 Å². The van der Waals surface area contributed by atoms with Gasteiger partial charge in [0.2, 0.25) is 0 Å². The van der Waals surface area contributed by atoms with Crippen molar-refractivity contribution in [2.45, 2.75) is 13.8 Å². The first-order valence-electron chi connectivity index (χ1n) is 7.08. The molecule has 2 aromatic rings. The van der Waals surface area contributed by atoms with Crippen molar-refractivity contribution in [3.8, 4) is 5.75 Å². The molecule has 6 heteroatoms. The third-order valence-corrected chi connectivity index (χ3v) is 3.09. The van der Waals surface area contributed by atoms with Gasteiger partial charge in [-0.05, 0) is 49.2 Å². The van der Waals surface area contributed by atoms with E-state index in [1.165, 1.54) is 24.3 Å². The number of non-ortho nitro benzene ring substituents is 1. The Kier molecular flexibility index (Phi) is 5.30. The molecule has 0 unspecified atom stereocenters.